The second kappa shape index (κ2) is 5.77. The number of amides is 1. The number of benzene rings is 1. The average molecular weight is 275 g/mol. The molecule has 1 heterocycles. The van der Waals surface area contributed by atoms with Gasteiger partial charge in [-0.1, -0.05) is 6.58 Å². The van der Waals surface area contributed by atoms with Crippen molar-refractivity contribution in [3.8, 4) is 11.5 Å². The molecule has 1 aromatic carbocycles. The molecule has 1 saturated heterocycles. The fourth-order valence-corrected chi connectivity index (χ4v) is 2.28. The molecule has 5 heteroatoms. The molecular formula is C15H17NO4. The molecule has 1 aromatic rings. The number of carbonyl (C=O) groups is 2. The Hall–Kier alpha value is -2.30. The number of methoxy groups -OCH3 is 2. The maximum absolute atomic E-state index is 12.5. The van der Waals surface area contributed by atoms with Gasteiger partial charge in [-0.2, -0.15) is 0 Å². The molecule has 1 atom stereocenters. The fourth-order valence-electron chi connectivity index (χ4n) is 2.28. The maximum Gasteiger partial charge on any atom is 0.237 e. The van der Waals surface area contributed by atoms with Gasteiger partial charge in [0.1, 0.15) is 17.4 Å². The summed E-state index contributed by atoms with van der Waals surface area (Å²) in [6.07, 6.45) is 1.96. The minimum absolute atomic E-state index is 0.202. The van der Waals surface area contributed by atoms with Crippen LogP contribution in [0, 0.1) is 5.92 Å². The predicted octanol–water partition coefficient (Wildman–Crippen LogP) is 1.88. The third-order valence-corrected chi connectivity index (χ3v) is 3.41. The summed E-state index contributed by atoms with van der Waals surface area (Å²) in [7, 11) is 3.03. The van der Waals surface area contributed by atoms with Crippen LogP contribution < -0.4 is 9.47 Å². The van der Waals surface area contributed by atoms with Crippen LogP contribution in [0.15, 0.2) is 31.0 Å². The molecule has 0 saturated carbocycles. The highest BCUT2D eigenvalue weighted by Gasteiger charge is 2.36. The molecule has 0 aliphatic carbocycles. The first kappa shape index (κ1) is 14.1. The second-order valence-electron chi connectivity index (χ2n) is 4.52. The second-order valence-corrected chi connectivity index (χ2v) is 4.52. The normalized spacial score (nSPS) is 18.0. The Morgan fingerprint density at radius 1 is 1.30 bits per heavy atom. The van der Waals surface area contributed by atoms with E-state index in [1.807, 2.05) is 0 Å². The first-order valence-electron chi connectivity index (χ1n) is 6.31. The third-order valence-electron chi connectivity index (χ3n) is 3.41. The number of hydrogen-bond donors (Lipinski definition) is 0. The Balaban J connectivity index is 2.29. The van der Waals surface area contributed by atoms with E-state index in [9.17, 15) is 9.59 Å². The lowest BCUT2D eigenvalue weighted by molar-refractivity contribution is -0.127. The van der Waals surface area contributed by atoms with E-state index in [1.54, 1.807) is 18.2 Å². The van der Waals surface area contributed by atoms with Crippen molar-refractivity contribution >= 4 is 11.7 Å². The van der Waals surface area contributed by atoms with Gasteiger partial charge in [-0.25, -0.2) is 0 Å². The number of Topliss-reactive ketones (excluding diaryl/α,β-unsaturated/α-hetero) is 1. The molecule has 0 N–H and O–H groups in total. The predicted molar refractivity (Wildman–Crippen MR) is 73.9 cm³/mol. The van der Waals surface area contributed by atoms with Crippen molar-refractivity contribution in [1.82, 2.24) is 4.90 Å². The summed E-state index contributed by atoms with van der Waals surface area (Å²) in [5, 5.41) is 0. The van der Waals surface area contributed by atoms with E-state index in [4.69, 9.17) is 9.47 Å². The molecule has 5 nitrogen and oxygen atoms in total. The van der Waals surface area contributed by atoms with Crippen LogP contribution in [0.4, 0.5) is 0 Å². The van der Waals surface area contributed by atoms with E-state index < -0.39 is 5.92 Å². The highest BCUT2D eigenvalue weighted by molar-refractivity contribution is 6.11. The minimum atomic E-state index is -0.648. The largest absolute Gasteiger partial charge is 0.497 e. The Morgan fingerprint density at radius 3 is 2.35 bits per heavy atom. The molecule has 20 heavy (non-hydrogen) atoms. The van der Waals surface area contributed by atoms with Gasteiger partial charge in [0.2, 0.25) is 5.91 Å². The van der Waals surface area contributed by atoms with Gasteiger partial charge in [0.15, 0.2) is 5.78 Å². The highest BCUT2D eigenvalue weighted by Crippen LogP contribution is 2.27. The zero-order valence-electron chi connectivity index (χ0n) is 11.6. The van der Waals surface area contributed by atoms with Crippen molar-refractivity contribution in [1.29, 1.82) is 0 Å². The van der Waals surface area contributed by atoms with Gasteiger partial charge in [0.05, 0.1) is 14.2 Å². The molecule has 1 amide bonds. The van der Waals surface area contributed by atoms with Gasteiger partial charge in [0, 0.05) is 18.2 Å². The van der Waals surface area contributed by atoms with Crippen LogP contribution in [0.1, 0.15) is 16.8 Å². The Morgan fingerprint density at radius 2 is 1.90 bits per heavy atom. The van der Waals surface area contributed by atoms with Crippen LogP contribution in [-0.4, -0.2) is 37.4 Å². The average Bonchev–Trinajstić information content (AvgIpc) is 2.86. The van der Waals surface area contributed by atoms with Crippen LogP contribution in [0.25, 0.3) is 0 Å². The van der Waals surface area contributed by atoms with Crippen LogP contribution in [0.3, 0.4) is 0 Å². The smallest absolute Gasteiger partial charge is 0.237 e. The zero-order chi connectivity index (χ0) is 14.7. The van der Waals surface area contributed by atoms with Gasteiger partial charge in [-0.3, -0.25) is 9.59 Å². The van der Waals surface area contributed by atoms with Crippen molar-refractivity contribution in [3.05, 3.63) is 36.5 Å². The van der Waals surface area contributed by atoms with Crippen molar-refractivity contribution in [2.45, 2.75) is 6.42 Å². The molecule has 106 valence electrons. The van der Waals surface area contributed by atoms with Crippen LogP contribution >= 0.6 is 0 Å². The number of likely N-dealkylation sites (tertiary alicyclic amines) is 1. The van der Waals surface area contributed by atoms with Crippen molar-refractivity contribution in [2.75, 3.05) is 20.8 Å². The molecule has 1 aliphatic heterocycles. The summed E-state index contributed by atoms with van der Waals surface area (Å²) >= 11 is 0. The summed E-state index contributed by atoms with van der Waals surface area (Å²) < 4.78 is 10.3. The maximum atomic E-state index is 12.5. The molecule has 0 bridgehead atoms. The lowest BCUT2D eigenvalue weighted by Crippen LogP contribution is -2.26. The molecular weight excluding hydrogens is 258 g/mol. The summed E-state index contributed by atoms with van der Waals surface area (Å²) in [5.74, 6) is -0.00871. The molecule has 0 unspecified atom stereocenters. The standard InChI is InChI=1S/C15H17NO4/c1-4-16-6-5-13(15(16)18)14(17)10-7-11(19-2)9-12(8-10)20-3/h4,7-9,13H,1,5-6H2,2-3H3/t13-/m1/s1. The lowest BCUT2D eigenvalue weighted by Gasteiger charge is -2.12. The number of nitrogens with zero attached hydrogens (tertiary/aromatic N) is 1. The van der Waals surface area contributed by atoms with Crippen molar-refractivity contribution in [3.63, 3.8) is 0 Å². The molecule has 2 rings (SSSR count). The Labute approximate surface area is 117 Å². The van der Waals surface area contributed by atoms with Gasteiger partial charge >= 0.3 is 0 Å². The Kier molecular flexibility index (Phi) is 4.08. The Bertz CT molecular complexity index is 531. The van der Waals surface area contributed by atoms with E-state index in [1.165, 1.54) is 25.3 Å². The molecule has 0 radical (unpaired) electrons. The number of hydrogen-bond acceptors (Lipinski definition) is 4. The quantitative estimate of drug-likeness (QED) is 0.608. The number of ether oxygens (including phenoxy) is 2. The van der Waals surface area contributed by atoms with E-state index >= 15 is 0 Å². The van der Waals surface area contributed by atoms with Crippen molar-refractivity contribution < 1.29 is 19.1 Å². The highest BCUT2D eigenvalue weighted by atomic mass is 16.5. The van der Waals surface area contributed by atoms with Crippen molar-refractivity contribution in [2.24, 2.45) is 5.92 Å². The van der Waals surface area contributed by atoms with Gasteiger partial charge in [-0.15, -0.1) is 0 Å². The lowest BCUT2D eigenvalue weighted by atomic mass is 9.96. The number of rotatable bonds is 5. The molecule has 0 spiro atoms. The van der Waals surface area contributed by atoms with E-state index in [0.29, 0.717) is 30.0 Å². The van der Waals surface area contributed by atoms with Crippen LogP contribution in [-0.2, 0) is 4.79 Å². The first-order valence-corrected chi connectivity index (χ1v) is 6.31. The van der Waals surface area contributed by atoms with E-state index in [-0.39, 0.29) is 11.7 Å². The van der Waals surface area contributed by atoms with E-state index in [2.05, 4.69) is 6.58 Å². The third kappa shape index (κ3) is 2.52. The van der Waals surface area contributed by atoms with Gasteiger partial charge in [-0.05, 0) is 24.8 Å². The minimum Gasteiger partial charge on any atom is -0.497 e. The first-order chi connectivity index (χ1) is 9.60. The monoisotopic (exact) mass is 275 g/mol. The molecule has 1 aliphatic rings. The zero-order valence-corrected chi connectivity index (χ0v) is 11.6. The molecule has 0 aromatic heterocycles. The topological polar surface area (TPSA) is 55.8 Å². The number of ketones is 1. The summed E-state index contributed by atoms with van der Waals surface area (Å²) in [6, 6.07) is 4.92. The number of carbonyl (C=O) groups excluding carboxylic acids is 2. The van der Waals surface area contributed by atoms with Gasteiger partial charge < -0.3 is 14.4 Å². The van der Waals surface area contributed by atoms with Crippen LogP contribution in [0.2, 0.25) is 0 Å². The summed E-state index contributed by atoms with van der Waals surface area (Å²) in [6.45, 7) is 4.10. The van der Waals surface area contributed by atoms with Gasteiger partial charge in [0.25, 0.3) is 0 Å². The van der Waals surface area contributed by atoms with Crippen LogP contribution in [0.5, 0.6) is 11.5 Å². The van der Waals surface area contributed by atoms with E-state index in [0.717, 1.165) is 0 Å². The SMILES string of the molecule is C=CN1CC[C@H](C(=O)c2cc(OC)cc(OC)c2)C1=O. The summed E-state index contributed by atoms with van der Waals surface area (Å²) in [5.41, 5.74) is 0.422. The fraction of sp³-hybridized carbons (Fsp3) is 0.333. The summed E-state index contributed by atoms with van der Waals surface area (Å²) in [4.78, 5) is 26.0. The molecule has 1 fully saturated rings.